The van der Waals surface area contributed by atoms with Gasteiger partial charge in [0.1, 0.15) is 5.75 Å². The van der Waals surface area contributed by atoms with Crippen LogP contribution < -0.4 is 9.64 Å². The van der Waals surface area contributed by atoms with Crippen molar-refractivity contribution in [2.45, 2.75) is 57.7 Å². The van der Waals surface area contributed by atoms with Crippen molar-refractivity contribution in [3.8, 4) is 5.75 Å². The van der Waals surface area contributed by atoms with E-state index in [1.807, 2.05) is 42.5 Å². The molecule has 2 atom stereocenters. The lowest BCUT2D eigenvalue weighted by molar-refractivity contribution is -0.154. The van der Waals surface area contributed by atoms with Gasteiger partial charge in [-0.2, -0.15) is 0 Å². The second-order valence-electron chi connectivity index (χ2n) is 9.21. The first-order valence-electron chi connectivity index (χ1n) is 10.4. The molecule has 0 unspecified atom stereocenters. The van der Waals surface area contributed by atoms with E-state index in [0.29, 0.717) is 18.0 Å². The standard InChI is InChI=1S/C24H31NO5Si/c1-24(2,3)31(5,6)29-16-17-12-10-11-15-19(17)25-20(23(27)28-4)21(22(25)26)30-18-13-8-7-9-14-18/h7-15,20-21H,16H2,1-6H3/t20-,21-/m1/s1. The maximum absolute atomic E-state index is 13.1. The monoisotopic (exact) mass is 441 g/mol. The number of β-lactam (4-membered cyclic amide) rings is 1. The summed E-state index contributed by atoms with van der Waals surface area (Å²) < 4.78 is 17.2. The van der Waals surface area contributed by atoms with Gasteiger partial charge in [0.2, 0.25) is 6.10 Å². The summed E-state index contributed by atoms with van der Waals surface area (Å²) in [6.45, 7) is 11.3. The molecule has 7 heteroatoms. The van der Waals surface area contributed by atoms with E-state index in [4.69, 9.17) is 13.9 Å². The Balaban J connectivity index is 1.86. The first-order chi connectivity index (χ1) is 14.6. The van der Waals surface area contributed by atoms with E-state index >= 15 is 0 Å². The van der Waals surface area contributed by atoms with Gasteiger partial charge in [0.05, 0.1) is 19.4 Å². The molecule has 166 valence electrons. The Morgan fingerprint density at radius 1 is 1.03 bits per heavy atom. The van der Waals surface area contributed by atoms with E-state index in [1.54, 1.807) is 12.1 Å². The molecule has 0 aromatic heterocycles. The van der Waals surface area contributed by atoms with E-state index in [1.165, 1.54) is 12.0 Å². The van der Waals surface area contributed by atoms with Crippen LogP contribution in [0.15, 0.2) is 54.6 Å². The van der Waals surface area contributed by atoms with Crippen LogP contribution in [-0.4, -0.2) is 39.4 Å². The number of carbonyl (C=O) groups is 2. The molecule has 2 aromatic rings. The number of anilines is 1. The largest absolute Gasteiger partial charge is 0.478 e. The summed E-state index contributed by atoms with van der Waals surface area (Å²) >= 11 is 0. The van der Waals surface area contributed by atoms with E-state index in [-0.39, 0.29) is 10.9 Å². The fourth-order valence-corrected chi connectivity index (χ4v) is 4.13. The van der Waals surface area contributed by atoms with Gasteiger partial charge in [0, 0.05) is 5.56 Å². The minimum absolute atomic E-state index is 0.0672. The van der Waals surface area contributed by atoms with Gasteiger partial charge in [-0.1, -0.05) is 57.2 Å². The lowest BCUT2D eigenvalue weighted by Crippen LogP contribution is -2.70. The molecule has 3 rings (SSSR count). The molecular weight excluding hydrogens is 410 g/mol. The molecule has 1 heterocycles. The summed E-state index contributed by atoms with van der Waals surface area (Å²) in [4.78, 5) is 27.1. The lowest BCUT2D eigenvalue weighted by Gasteiger charge is -2.45. The van der Waals surface area contributed by atoms with Gasteiger partial charge in [0.15, 0.2) is 14.4 Å². The molecule has 1 aliphatic rings. The highest BCUT2D eigenvalue weighted by Gasteiger charge is 2.55. The van der Waals surface area contributed by atoms with Crippen LogP contribution in [0.1, 0.15) is 26.3 Å². The first kappa shape index (κ1) is 23.0. The Kier molecular flexibility index (Phi) is 6.57. The topological polar surface area (TPSA) is 65.1 Å². The molecule has 1 saturated heterocycles. The highest BCUT2D eigenvalue weighted by atomic mass is 28.4. The quantitative estimate of drug-likeness (QED) is 0.358. The predicted molar refractivity (Wildman–Crippen MR) is 123 cm³/mol. The molecule has 1 aliphatic heterocycles. The van der Waals surface area contributed by atoms with E-state index in [0.717, 1.165) is 5.56 Å². The summed E-state index contributed by atoms with van der Waals surface area (Å²) in [5.41, 5.74) is 1.50. The van der Waals surface area contributed by atoms with Crippen LogP contribution in [0.25, 0.3) is 0 Å². The molecule has 6 nitrogen and oxygen atoms in total. The molecule has 0 bridgehead atoms. The van der Waals surface area contributed by atoms with Gasteiger partial charge in [-0.05, 0) is 36.3 Å². The number of esters is 1. The molecule has 1 amide bonds. The van der Waals surface area contributed by atoms with Crippen LogP contribution in [0.3, 0.4) is 0 Å². The molecular formula is C24H31NO5Si. The molecule has 0 aliphatic carbocycles. The molecule has 0 saturated carbocycles. The molecule has 0 spiro atoms. The van der Waals surface area contributed by atoms with Gasteiger partial charge < -0.3 is 13.9 Å². The second kappa shape index (κ2) is 8.84. The Bertz CT molecular complexity index is 938. The number of benzene rings is 2. The van der Waals surface area contributed by atoms with Crippen molar-refractivity contribution in [1.29, 1.82) is 0 Å². The average Bonchev–Trinajstić information content (AvgIpc) is 2.74. The minimum atomic E-state index is -1.98. The van der Waals surface area contributed by atoms with Crippen molar-refractivity contribution >= 4 is 25.9 Å². The Morgan fingerprint density at radius 3 is 2.26 bits per heavy atom. The summed E-state index contributed by atoms with van der Waals surface area (Å²) in [6, 6.07) is 15.7. The zero-order valence-electron chi connectivity index (χ0n) is 19.0. The Labute approximate surface area is 185 Å². The van der Waals surface area contributed by atoms with Gasteiger partial charge >= 0.3 is 5.97 Å². The number of ether oxygens (including phenoxy) is 2. The molecule has 31 heavy (non-hydrogen) atoms. The number of hydrogen-bond acceptors (Lipinski definition) is 5. The third kappa shape index (κ3) is 4.67. The number of methoxy groups -OCH3 is 1. The summed E-state index contributed by atoms with van der Waals surface area (Å²) in [7, 11) is -0.670. The lowest BCUT2D eigenvalue weighted by atomic mass is 9.95. The number of amides is 1. The molecule has 0 radical (unpaired) electrons. The van der Waals surface area contributed by atoms with Crippen LogP contribution in [0.5, 0.6) is 5.75 Å². The number of carbonyl (C=O) groups excluding carboxylic acids is 2. The highest BCUT2D eigenvalue weighted by molar-refractivity contribution is 6.74. The van der Waals surface area contributed by atoms with Crippen LogP contribution >= 0.6 is 0 Å². The smallest absolute Gasteiger partial charge is 0.333 e. The average molecular weight is 442 g/mol. The normalized spacial score (nSPS) is 19.0. The maximum Gasteiger partial charge on any atom is 0.333 e. The van der Waals surface area contributed by atoms with Gasteiger partial charge in [-0.3, -0.25) is 9.69 Å². The number of rotatable bonds is 7. The first-order valence-corrected chi connectivity index (χ1v) is 13.3. The third-order valence-corrected chi connectivity index (χ3v) is 10.6. The Hall–Kier alpha value is -2.64. The van der Waals surface area contributed by atoms with Crippen LogP contribution in [0.2, 0.25) is 18.1 Å². The SMILES string of the molecule is COC(=O)[C@H]1[C@@H](Oc2ccccc2)C(=O)N1c1ccccc1CO[Si](C)(C)C(C)(C)C. The predicted octanol–water partition coefficient (Wildman–Crippen LogP) is 4.54. The zero-order chi connectivity index (χ0) is 22.8. The van der Waals surface area contributed by atoms with E-state index in [2.05, 4.69) is 33.9 Å². The third-order valence-electron chi connectivity index (χ3n) is 6.14. The van der Waals surface area contributed by atoms with Crippen LogP contribution in [0.4, 0.5) is 5.69 Å². The van der Waals surface area contributed by atoms with Gasteiger partial charge in [0.25, 0.3) is 5.91 Å². The van der Waals surface area contributed by atoms with Crippen molar-refractivity contribution in [3.05, 3.63) is 60.2 Å². The summed E-state index contributed by atoms with van der Waals surface area (Å²) in [6.07, 6.45) is -0.927. The molecule has 2 aromatic carbocycles. The van der Waals surface area contributed by atoms with Gasteiger partial charge in [-0.25, -0.2) is 4.79 Å². The maximum atomic E-state index is 13.1. The number of para-hydroxylation sites is 2. The summed E-state index contributed by atoms with van der Waals surface area (Å²) in [5.74, 6) is -0.261. The Morgan fingerprint density at radius 2 is 1.65 bits per heavy atom. The van der Waals surface area contributed by atoms with Crippen molar-refractivity contribution < 1.29 is 23.5 Å². The van der Waals surface area contributed by atoms with Crippen molar-refractivity contribution in [3.63, 3.8) is 0 Å². The number of hydrogen-bond donors (Lipinski definition) is 0. The van der Waals surface area contributed by atoms with Gasteiger partial charge in [-0.15, -0.1) is 0 Å². The zero-order valence-corrected chi connectivity index (χ0v) is 20.0. The fraction of sp³-hybridized carbons (Fsp3) is 0.417. The minimum Gasteiger partial charge on any atom is -0.478 e. The summed E-state index contributed by atoms with van der Waals surface area (Å²) in [5, 5.41) is 0.0672. The van der Waals surface area contributed by atoms with E-state index in [9.17, 15) is 9.59 Å². The van der Waals surface area contributed by atoms with Crippen LogP contribution in [0, 0.1) is 0 Å². The number of nitrogens with zero attached hydrogens (tertiary/aromatic N) is 1. The van der Waals surface area contributed by atoms with Crippen molar-refractivity contribution in [2.75, 3.05) is 12.0 Å². The van der Waals surface area contributed by atoms with Crippen LogP contribution in [-0.2, 0) is 25.4 Å². The second-order valence-corrected chi connectivity index (χ2v) is 14.0. The van der Waals surface area contributed by atoms with Crippen molar-refractivity contribution in [2.24, 2.45) is 0 Å². The van der Waals surface area contributed by atoms with Crippen molar-refractivity contribution in [1.82, 2.24) is 0 Å². The molecule has 1 fully saturated rings. The highest BCUT2D eigenvalue weighted by Crippen LogP contribution is 2.39. The fourth-order valence-electron chi connectivity index (χ4n) is 3.18. The molecule has 0 N–H and O–H groups in total. The van der Waals surface area contributed by atoms with E-state index < -0.39 is 26.4 Å².